The van der Waals surface area contributed by atoms with Gasteiger partial charge in [0.25, 0.3) is 0 Å². The zero-order valence-electron chi connectivity index (χ0n) is 14.3. The summed E-state index contributed by atoms with van der Waals surface area (Å²) in [6.45, 7) is 2.37. The van der Waals surface area contributed by atoms with E-state index in [1.807, 2.05) is 43.3 Å². The molecule has 0 bridgehead atoms. The van der Waals surface area contributed by atoms with Crippen LogP contribution in [0.5, 0.6) is 0 Å². The maximum absolute atomic E-state index is 12.4. The van der Waals surface area contributed by atoms with Crippen LogP contribution in [0.25, 0.3) is 0 Å². The van der Waals surface area contributed by atoms with Crippen LogP contribution in [0, 0.1) is 6.92 Å². The molecule has 0 fully saturated rings. The van der Waals surface area contributed by atoms with E-state index in [2.05, 4.69) is 34.6 Å². The van der Waals surface area contributed by atoms with Gasteiger partial charge < -0.3 is 9.73 Å². The molecule has 0 radical (unpaired) electrons. The molecule has 128 valence electrons. The molecule has 0 spiro atoms. The quantitative estimate of drug-likeness (QED) is 0.714. The van der Waals surface area contributed by atoms with Crippen molar-refractivity contribution in [2.24, 2.45) is 0 Å². The summed E-state index contributed by atoms with van der Waals surface area (Å²) >= 11 is 0. The topological polar surface area (TPSA) is 55.1 Å². The second-order valence-corrected chi connectivity index (χ2v) is 6.04. The molecule has 0 aliphatic rings. The fourth-order valence-corrected chi connectivity index (χ4v) is 2.91. The highest BCUT2D eigenvalue weighted by Crippen LogP contribution is 2.27. The largest absolute Gasteiger partial charge is 0.449 e. The Morgan fingerprint density at radius 2 is 1.64 bits per heavy atom. The Balaban J connectivity index is 1.62. The third-order valence-electron chi connectivity index (χ3n) is 4.16. The van der Waals surface area contributed by atoms with Gasteiger partial charge in [-0.1, -0.05) is 60.7 Å². The summed E-state index contributed by atoms with van der Waals surface area (Å²) in [6, 6.07) is 20.3. The van der Waals surface area contributed by atoms with E-state index in [9.17, 15) is 4.79 Å². The number of benzene rings is 2. The smallest absolute Gasteiger partial charge is 0.220 e. The lowest BCUT2D eigenvalue weighted by Crippen LogP contribution is -2.27. The van der Waals surface area contributed by atoms with Gasteiger partial charge in [0.15, 0.2) is 5.89 Å². The standard InChI is InChI=1S/C21H22N2O2/c1-16-23-19(15-25-16)12-13-22-21(24)14-20(17-8-4-2-5-9-17)18-10-6-3-7-11-18/h2-11,15,20H,12-14H2,1H3,(H,22,24). The lowest BCUT2D eigenvalue weighted by Gasteiger charge is -2.17. The van der Waals surface area contributed by atoms with E-state index in [1.165, 1.54) is 0 Å². The molecule has 0 saturated heterocycles. The highest BCUT2D eigenvalue weighted by Gasteiger charge is 2.17. The van der Waals surface area contributed by atoms with E-state index in [1.54, 1.807) is 6.26 Å². The third kappa shape index (κ3) is 4.80. The Kier molecular flexibility index (Phi) is 5.62. The number of nitrogens with one attached hydrogen (secondary N) is 1. The predicted octanol–water partition coefficient (Wildman–Crippen LogP) is 3.86. The van der Waals surface area contributed by atoms with Crippen LogP contribution in [0.3, 0.4) is 0 Å². The van der Waals surface area contributed by atoms with Crippen molar-refractivity contribution in [2.45, 2.75) is 25.7 Å². The zero-order chi connectivity index (χ0) is 17.5. The Labute approximate surface area is 147 Å². The fraction of sp³-hybridized carbons (Fsp3) is 0.238. The van der Waals surface area contributed by atoms with Gasteiger partial charge in [-0.3, -0.25) is 4.79 Å². The minimum atomic E-state index is 0.0397. The van der Waals surface area contributed by atoms with Gasteiger partial charge in [-0.25, -0.2) is 4.98 Å². The minimum Gasteiger partial charge on any atom is -0.449 e. The molecular formula is C21H22N2O2. The van der Waals surface area contributed by atoms with Crippen molar-refractivity contribution in [1.82, 2.24) is 10.3 Å². The predicted molar refractivity (Wildman–Crippen MR) is 97.3 cm³/mol. The van der Waals surface area contributed by atoms with Crippen molar-refractivity contribution in [1.29, 1.82) is 0 Å². The number of hydrogen-bond acceptors (Lipinski definition) is 3. The van der Waals surface area contributed by atoms with Gasteiger partial charge in [0.05, 0.1) is 5.69 Å². The molecule has 3 rings (SSSR count). The average Bonchev–Trinajstić information content (AvgIpc) is 3.06. The van der Waals surface area contributed by atoms with Gasteiger partial charge in [-0.2, -0.15) is 0 Å². The van der Waals surface area contributed by atoms with Gasteiger partial charge in [-0.05, 0) is 11.1 Å². The lowest BCUT2D eigenvalue weighted by molar-refractivity contribution is -0.121. The van der Waals surface area contributed by atoms with Crippen LogP contribution in [0.1, 0.15) is 35.1 Å². The average molecular weight is 334 g/mol. The van der Waals surface area contributed by atoms with E-state index < -0.39 is 0 Å². The first-order valence-corrected chi connectivity index (χ1v) is 8.50. The normalized spacial score (nSPS) is 10.8. The van der Waals surface area contributed by atoms with Crippen molar-refractivity contribution in [3.05, 3.63) is 89.6 Å². The Bertz CT molecular complexity index is 758. The van der Waals surface area contributed by atoms with Gasteiger partial charge in [-0.15, -0.1) is 0 Å². The molecule has 0 unspecified atom stereocenters. The number of aromatic nitrogens is 1. The van der Waals surface area contributed by atoms with E-state index >= 15 is 0 Å². The molecule has 1 N–H and O–H groups in total. The molecule has 3 aromatic rings. The van der Waals surface area contributed by atoms with Crippen LogP contribution in [-0.2, 0) is 11.2 Å². The minimum absolute atomic E-state index is 0.0397. The first-order chi connectivity index (χ1) is 12.2. The second kappa shape index (κ2) is 8.29. The van der Waals surface area contributed by atoms with Crippen molar-refractivity contribution in [3.63, 3.8) is 0 Å². The van der Waals surface area contributed by atoms with E-state index in [0.29, 0.717) is 25.3 Å². The summed E-state index contributed by atoms with van der Waals surface area (Å²) in [6.07, 6.45) is 2.73. The zero-order valence-corrected chi connectivity index (χ0v) is 14.3. The third-order valence-corrected chi connectivity index (χ3v) is 4.16. The summed E-state index contributed by atoms with van der Waals surface area (Å²) in [5, 5.41) is 2.99. The number of nitrogens with zero attached hydrogens (tertiary/aromatic N) is 1. The van der Waals surface area contributed by atoms with E-state index in [4.69, 9.17) is 4.42 Å². The first-order valence-electron chi connectivity index (χ1n) is 8.50. The lowest BCUT2D eigenvalue weighted by atomic mass is 9.88. The van der Waals surface area contributed by atoms with Crippen LogP contribution in [0.2, 0.25) is 0 Å². The molecule has 0 aliphatic carbocycles. The fourth-order valence-electron chi connectivity index (χ4n) is 2.91. The number of oxazole rings is 1. The molecule has 4 heteroatoms. The van der Waals surface area contributed by atoms with E-state index in [-0.39, 0.29) is 11.8 Å². The number of aryl methyl sites for hydroxylation is 1. The SMILES string of the molecule is Cc1nc(CCNC(=O)CC(c2ccccc2)c2ccccc2)co1. The summed E-state index contributed by atoms with van der Waals surface area (Å²) in [5.74, 6) is 0.740. The summed E-state index contributed by atoms with van der Waals surface area (Å²) in [5.41, 5.74) is 3.16. The van der Waals surface area contributed by atoms with Gasteiger partial charge in [0.2, 0.25) is 5.91 Å². The molecule has 0 atom stereocenters. The molecule has 0 saturated carbocycles. The number of rotatable bonds is 7. The summed E-state index contributed by atoms with van der Waals surface area (Å²) in [4.78, 5) is 16.7. The van der Waals surface area contributed by atoms with Crippen LogP contribution in [-0.4, -0.2) is 17.4 Å². The Morgan fingerprint density at radius 1 is 1.04 bits per heavy atom. The maximum atomic E-state index is 12.4. The molecule has 4 nitrogen and oxygen atoms in total. The van der Waals surface area contributed by atoms with Crippen molar-refractivity contribution in [2.75, 3.05) is 6.54 Å². The highest BCUT2D eigenvalue weighted by atomic mass is 16.3. The molecule has 2 aromatic carbocycles. The molecule has 1 aromatic heterocycles. The van der Waals surface area contributed by atoms with Crippen LogP contribution >= 0.6 is 0 Å². The van der Waals surface area contributed by atoms with Gasteiger partial charge in [0, 0.05) is 32.2 Å². The first kappa shape index (κ1) is 17.0. The van der Waals surface area contributed by atoms with Crippen LogP contribution in [0.4, 0.5) is 0 Å². The van der Waals surface area contributed by atoms with E-state index in [0.717, 1.165) is 16.8 Å². The highest BCUT2D eigenvalue weighted by molar-refractivity contribution is 5.77. The monoisotopic (exact) mass is 334 g/mol. The second-order valence-electron chi connectivity index (χ2n) is 6.04. The maximum Gasteiger partial charge on any atom is 0.220 e. The van der Waals surface area contributed by atoms with Gasteiger partial charge >= 0.3 is 0 Å². The number of carbonyl (C=O) groups excluding carboxylic acids is 1. The van der Waals surface area contributed by atoms with Crippen LogP contribution in [0.15, 0.2) is 71.3 Å². The van der Waals surface area contributed by atoms with Crippen molar-refractivity contribution in [3.8, 4) is 0 Å². The number of hydrogen-bond donors (Lipinski definition) is 1. The Hall–Kier alpha value is -2.88. The molecule has 0 aliphatic heterocycles. The molecular weight excluding hydrogens is 312 g/mol. The summed E-state index contributed by atoms with van der Waals surface area (Å²) in [7, 11) is 0. The molecule has 25 heavy (non-hydrogen) atoms. The van der Waals surface area contributed by atoms with Gasteiger partial charge in [0.1, 0.15) is 6.26 Å². The molecule has 1 heterocycles. The number of amides is 1. The van der Waals surface area contributed by atoms with Crippen molar-refractivity contribution >= 4 is 5.91 Å². The molecule has 1 amide bonds. The number of carbonyl (C=O) groups is 1. The van der Waals surface area contributed by atoms with Crippen molar-refractivity contribution < 1.29 is 9.21 Å². The Morgan fingerprint density at radius 3 is 2.16 bits per heavy atom. The van der Waals surface area contributed by atoms with Crippen LogP contribution < -0.4 is 5.32 Å². The summed E-state index contributed by atoms with van der Waals surface area (Å²) < 4.78 is 5.18.